The Labute approximate surface area is 203 Å². The molecular weight excluding hydrogens is 428 g/mol. The van der Waals surface area contributed by atoms with Gasteiger partial charge in [-0.25, -0.2) is 4.79 Å². The second-order valence-electron chi connectivity index (χ2n) is 10.1. The maximum Gasteiger partial charge on any atom is 0.330 e. The Kier molecular flexibility index (Phi) is 8.09. The molecule has 1 aliphatic carbocycles. The lowest BCUT2D eigenvalue weighted by atomic mass is 9.62. The van der Waals surface area contributed by atoms with Crippen LogP contribution in [0.5, 0.6) is 11.5 Å². The number of aliphatic hydroxyl groups is 1. The zero-order chi connectivity index (χ0) is 24.9. The summed E-state index contributed by atoms with van der Waals surface area (Å²) < 4.78 is 17.0. The number of benzene rings is 2. The minimum Gasteiger partial charge on any atom is -0.496 e. The van der Waals surface area contributed by atoms with Crippen LogP contribution in [-0.2, 0) is 20.4 Å². The highest BCUT2D eigenvalue weighted by Gasteiger charge is 2.38. The lowest BCUT2D eigenvalue weighted by Crippen LogP contribution is -2.34. The first kappa shape index (κ1) is 25.8. The van der Waals surface area contributed by atoms with E-state index in [-0.39, 0.29) is 23.4 Å². The molecule has 3 rings (SSSR count). The standard InChI is InChI=1S/C29H38O5/c1-7-33-27(31)12-10-20-9-11-25(32-6)21(17-20)22-18-23-24(19-26(22)34-16-8-15-30)29(4,5)14-13-28(23,2)3/h9-12,17-19,30H,7-8,13-16H2,1-6H3/b12-10+. The van der Waals surface area contributed by atoms with Gasteiger partial charge in [0, 0.05) is 30.2 Å². The third-order valence-electron chi connectivity index (χ3n) is 6.73. The Balaban J connectivity index is 2.18. The average Bonchev–Trinajstić information content (AvgIpc) is 2.80. The number of aliphatic hydroxyl groups excluding tert-OH is 1. The molecule has 0 atom stereocenters. The molecule has 5 nitrogen and oxygen atoms in total. The van der Waals surface area contributed by atoms with Crippen molar-refractivity contribution in [2.45, 2.75) is 64.7 Å². The van der Waals surface area contributed by atoms with Crippen LogP contribution >= 0.6 is 0 Å². The van der Waals surface area contributed by atoms with Crippen molar-refractivity contribution in [3.05, 3.63) is 53.1 Å². The normalized spacial score (nSPS) is 16.2. The molecule has 0 heterocycles. The van der Waals surface area contributed by atoms with Crippen LogP contribution in [0.25, 0.3) is 17.2 Å². The summed E-state index contributed by atoms with van der Waals surface area (Å²) in [6.07, 6.45) is 5.96. The number of hydrogen-bond donors (Lipinski definition) is 1. The van der Waals surface area contributed by atoms with E-state index >= 15 is 0 Å². The van der Waals surface area contributed by atoms with E-state index in [1.54, 1.807) is 20.1 Å². The molecule has 1 aliphatic rings. The second-order valence-corrected chi connectivity index (χ2v) is 10.1. The number of fused-ring (bicyclic) bond motifs is 1. The van der Waals surface area contributed by atoms with Crippen molar-refractivity contribution in [3.63, 3.8) is 0 Å². The molecule has 0 fully saturated rings. The van der Waals surface area contributed by atoms with Gasteiger partial charge >= 0.3 is 5.97 Å². The van der Waals surface area contributed by atoms with Gasteiger partial charge in [-0.2, -0.15) is 0 Å². The summed E-state index contributed by atoms with van der Waals surface area (Å²) in [4.78, 5) is 11.8. The van der Waals surface area contributed by atoms with E-state index in [1.165, 1.54) is 17.2 Å². The predicted octanol–water partition coefficient (Wildman–Crippen LogP) is 6.05. The summed E-state index contributed by atoms with van der Waals surface area (Å²) in [5.41, 5.74) is 5.43. The first-order chi connectivity index (χ1) is 16.1. The summed E-state index contributed by atoms with van der Waals surface area (Å²) in [6.45, 7) is 11.8. The maximum atomic E-state index is 11.8. The molecule has 0 bridgehead atoms. The molecule has 0 aliphatic heterocycles. The highest BCUT2D eigenvalue weighted by Crippen LogP contribution is 2.50. The van der Waals surface area contributed by atoms with E-state index < -0.39 is 0 Å². The molecule has 0 radical (unpaired) electrons. The molecule has 0 unspecified atom stereocenters. The molecule has 2 aromatic rings. The molecule has 0 amide bonds. The summed E-state index contributed by atoms with van der Waals surface area (Å²) in [5, 5.41) is 9.29. The Morgan fingerprint density at radius 3 is 2.26 bits per heavy atom. The molecule has 1 N–H and O–H groups in total. The minimum atomic E-state index is -0.370. The molecule has 184 valence electrons. The third kappa shape index (κ3) is 5.64. The van der Waals surface area contributed by atoms with Crippen LogP contribution in [-0.4, -0.2) is 38.0 Å². The number of rotatable bonds is 9. The first-order valence-corrected chi connectivity index (χ1v) is 12.1. The fourth-order valence-corrected chi connectivity index (χ4v) is 4.56. The fourth-order valence-electron chi connectivity index (χ4n) is 4.56. The Hall–Kier alpha value is -2.79. The monoisotopic (exact) mass is 466 g/mol. The van der Waals surface area contributed by atoms with Gasteiger partial charge in [0.15, 0.2) is 0 Å². The van der Waals surface area contributed by atoms with Crippen molar-refractivity contribution in [3.8, 4) is 22.6 Å². The lowest BCUT2D eigenvalue weighted by Gasteiger charge is -2.42. The average molecular weight is 467 g/mol. The highest BCUT2D eigenvalue weighted by atomic mass is 16.5. The Morgan fingerprint density at radius 1 is 1.00 bits per heavy atom. The van der Waals surface area contributed by atoms with E-state index in [4.69, 9.17) is 14.2 Å². The second kappa shape index (κ2) is 10.6. The van der Waals surface area contributed by atoms with Gasteiger partial charge in [0.2, 0.25) is 0 Å². The zero-order valence-corrected chi connectivity index (χ0v) is 21.4. The number of methoxy groups -OCH3 is 1. The number of carbonyl (C=O) groups excluding carboxylic acids is 1. The van der Waals surface area contributed by atoms with Gasteiger partial charge in [-0.15, -0.1) is 0 Å². The number of carbonyl (C=O) groups is 1. The SMILES string of the molecule is CCOC(=O)/C=C/c1ccc(OC)c(-c2cc3c(cc2OCCCO)C(C)(C)CCC3(C)C)c1. The molecule has 0 saturated heterocycles. The van der Waals surface area contributed by atoms with Crippen molar-refractivity contribution in [2.75, 3.05) is 26.9 Å². The highest BCUT2D eigenvalue weighted by molar-refractivity contribution is 5.88. The molecule has 34 heavy (non-hydrogen) atoms. The van der Waals surface area contributed by atoms with Crippen LogP contribution in [0.1, 0.15) is 70.6 Å². The molecule has 5 heteroatoms. The van der Waals surface area contributed by atoms with Crippen LogP contribution in [0, 0.1) is 0 Å². The summed E-state index contributed by atoms with van der Waals surface area (Å²) in [7, 11) is 1.66. The van der Waals surface area contributed by atoms with Crippen LogP contribution < -0.4 is 9.47 Å². The van der Waals surface area contributed by atoms with Gasteiger partial charge in [0.05, 0.1) is 20.3 Å². The fraction of sp³-hybridized carbons (Fsp3) is 0.483. The van der Waals surface area contributed by atoms with Crippen molar-refractivity contribution >= 4 is 12.0 Å². The largest absolute Gasteiger partial charge is 0.496 e. The molecule has 0 saturated carbocycles. The van der Waals surface area contributed by atoms with E-state index in [0.717, 1.165) is 41.0 Å². The van der Waals surface area contributed by atoms with Gasteiger partial charge in [-0.05, 0) is 77.6 Å². The molecule has 0 spiro atoms. The lowest BCUT2D eigenvalue weighted by molar-refractivity contribution is -0.137. The molecular formula is C29H38O5. The van der Waals surface area contributed by atoms with Crippen LogP contribution in [0.3, 0.4) is 0 Å². The van der Waals surface area contributed by atoms with Crippen molar-refractivity contribution in [2.24, 2.45) is 0 Å². The summed E-state index contributed by atoms with van der Waals surface area (Å²) in [6, 6.07) is 10.3. The summed E-state index contributed by atoms with van der Waals surface area (Å²) >= 11 is 0. The number of hydrogen-bond acceptors (Lipinski definition) is 5. The van der Waals surface area contributed by atoms with Crippen LogP contribution in [0.4, 0.5) is 0 Å². The Bertz CT molecular complexity index is 1050. The van der Waals surface area contributed by atoms with Crippen molar-refractivity contribution in [1.29, 1.82) is 0 Å². The number of esters is 1. The molecule has 0 aromatic heterocycles. The van der Waals surface area contributed by atoms with Crippen LogP contribution in [0.2, 0.25) is 0 Å². The topological polar surface area (TPSA) is 65.0 Å². The van der Waals surface area contributed by atoms with E-state index in [9.17, 15) is 9.90 Å². The zero-order valence-electron chi connectivity index (χ0n) is 21.4. The van der Waals surface area contributed by atoms with E-state index in [2.05, 4.69) is 39.8 Å². The van der Waals surface area contributed by atoms with Gasteiger partial charge < -0.3 is 19.3 Å². The Morgan fingerprint density at radius 2 is 1.65 bits per heavy atom. The van der Waals surface area contributed by atoms with Gasteiger partial charge in [0.1, 0.15) is 11.5 Å². The van der Waals surface area contributed by atoms with Gasteiger partial charge in [0.25, 0.3) is 0 Å². The van der Waals surface area contributed by atoms with E-state index in [1.807, 2.05) is 18.2 Å². The van der Waals surface area contributed by atoms with Crippen molar-refractivity contribution < 1.29 is 24.1 Å². The van der Waals surface area contributed by atoms with Gasteiger partial charge in [-0.3, -0.25) is 0 Å². The number of ether oxygens (including phenoxy) is 3. The van der Waals surface area contributed by atoms with Crippen molar-refractivity contribution in [1.82, 2.24) is 0 Å². The van der Waals surface area contributed by atoms with E-state index in [0.29, 0.717) is 19.6 Å². The molecule has 2 aromatic carbocycles. The quantitative estimate of drug-likeness (QED) is 0.277. The van der Waals surface area contributed by atoms with Gasteiger partial charge in [-0.1, -0.05) is 33.8 Å². The van der Waals surface area contributed by atoms with Crippen LogP contribution in [0.15, 0.2) is 36.4 Å². The minimum absolute atomic E-state index is 0.0396. The maximum absolute atomic E-state index is 11.8. The predicted molar refractivity (Wildman–Crippen MR) is 137 cm³/mol. The first-order valence-electron chi connectivity index (χ1n) is 12.1. The smallest absolute Gasteiger partial charge is 0.330 e. The third-order valence-corrected chi connectivity index (χ3v) is 6.73. The summed E-state index contributed by atoms with van der Waals surface area (Å²) in [5.74, 6) is 1.14.